The molecule has 0 unspecified atom stereocenters. The lowest BCUT2D eigenvalue weighted by Gasteiger charge is -2.46. The number of rotatable bonds is 2. The first-order chi connectivity index (χ1) is 6.44. The number of methoxy groups -OCH3 is 2. The van der Waals surface area contributed by atoms with Crippen molar-refractivity contribution in [3.8, 4) is 0 Å². The van der Waals surface area contributed by atoms with Crippen LogP contribution in [-0.2, 0) is 14.2 Å². The molecule has 1 N–H and O–H groups in total. The van der Waals surface area contributed by atoms with Gasteiger partial charge in [0.15, 0.2) is 0 Å². The summed E-state index contributed by atoms with van der Waals surface area (Å²) in [6.07, 6.45) is -1.64. The fraction of sp³-hybridized carbons (Fsp3) is 1.00. The van der Waals surface area contributed by atoms with Crippen LogP contribution in [0.25, 0.3) is 0 Å². The predicted molar refractivity (Wildman–Crippen MR) is 55.5 cm³/mol. The van der Waals surface area contributed by atoms with Gasteiger partial charge >= 0.3 is 0 Å². The van der Waals surface area contributed by atoms with Crippen molar-refractivity contribution in [2.75, 3.05) is 14.2 Å². The second-order valence-electron chi connectivity index (χ2n) is 3.72. The van der Waals surface area contributed by atoms with Crippen LogP contribution in [0.2, 0.25) is 0 Å². The van der Waals surface area contributed by atoms with Crippen molar-refractivity contribution in [3.63, 3.8) is 0 Å². The van der Waals surface area contributed by atoms with Crippen LogP contribution in [0.5, 0.6) is 0 Å². The number of thiol groups is 1. The topological polar surface area (TPSA) is 47.9 Å². The Morgan fingerprint density at radius 1 is 1.29 bits per heavy atom. The summed E-state index contributed by atoms with van der Waals surface area (Å²) in [5, 5.41) is 9.91. The first-order valence-electron chi connectivity index (χ1n) is 4.58. The molecule has 0 aromatic rings. The van der Waals surface area contributed by atoms with Gasteiger partial charge in [0.05, 0.1) is 6.10 Å². The van der Waals surface area contributed by atoms with Gasteiger partial charge in [-0.3, -0.25) is 0 Å². The first-order valence-corrected chi connectivity index (χ1v) is 5.02. The molecule has 0 aliphatic carbocycles. The maximum absolute atomic E-state index is 9.91. The lowest BCUT2D eigenvalue weighted by molar-refractivity contribution is -0.237. The molecule has 0 saturated carbocycles. The second kappa shape index (κ2) is 4.37. The summed E-state index contributed by atoms with van der Waals surface area (Å²) in [6.45, 7) is 3.59. The molecule has 5 atom stereocenters. The van der Waals surface area contributed by atoms with Crippen LogP contribution in [0.4, 0.5) is 0 Å². The smallest absolute Gasteiger partial charge is 0.137 e. The molecule has 0 aromatic carbocycles. The molecule has 1 heterocycles. The molecule has 0 amide bonds. The van der Waals surface area contributed by atoms with Gasteiger partial charge in [0, 0.05) is 14.2 Å². The molecule has 0 radical (unpaired) electrons. The maximum atomic E-state index is 9.91. The van der Waals surface area contributed by atoms with Crippen LogP contribution < -0.4 is 0 Å². The summed E-state index contributed by atoms with van der Waals surface area (Å²) in [7, 11) is 3.12. The van der Waals surface area contributed by atoms with Crippen LogP contribution in [0.1, 0.15) is 13.8 Å². The zero-order chi connectivity index (χ0) is 10.9. The Balaban J connectivity index is 2.85. The van der Waals surface area contributed by atoms with Crippen molar-refractivity contribution in [1.82, 2.24) is 0 Å². The van der Waals surface area contributed by atoms with Crippen molar-refractivity contribution >= 4 is 12.6 Å². The summed E-state index contributed by atoms with van der Waals surface area (Å²) in [6, 6.07) is 0. The number of aliphatic hydroxyl groups excluding tert-OH is 1. The summed E-state index contributed by atoms with van der Waals surface area (Å²) in [5.74, 6) is 0. The van der Waals surface area contributed by atoms with E-state index in [2.05, 4.69) is 12.6 Å². The van der Waals surface area contributed by atoms with E-state index >= 15 is 0 Å². The third-order valence-electron chi connectivity index (χ3n) is 2.62. The van der Waals surface area contributed by atoms with E-state index in [4.69, 9.17) is 14.2 Å². The van der Waals surface area contributed by atoms with Gasteiger partial charge in [-0.2, -0.15) is 0 Å². The van der Waals surface area contributed by atoms with Gasteiger partial charge in [-0.1, -0.05) is 0 Å². The number of aliphatic hydroxyl groups is 1. The van der Waals surface area contributed by atoms with Crippen LogP contribution in [0, 0.1) is 0 Å². The van der Waals surface area contributed by atoms with E-state index in [-0.39, 0.29) is 12.2 Å². The van der Waals surface area contributed by atoms with E-state index in [1.165, 1.54) is 0 Å². The van der Waals surface area contributed by atoms with E-state index in [9.17, 15) is 5.11 Å². The van der Waals surface area contributed by atoms with Crippen molar-refractivity contribution in [1.29, 1.82) is 0 Å². The van der Waals surface area contributed by atoms with Crippen LogP contribution in [0.15, 0.2) is 0 Å². The summed E-state index contributed by atoms with van der Waals surface area (Å²) in [4.78, 5) is -0.894. The van der Waals surface area contributed by atoms with E-state index < -0.39 is 17.1 Å². The Hall–Kier alpha value is 0.190. The van der Waals surface area contributed by atoms with Crippen LogP contribution in [-0.4, -0.2) is 48.7 Å². The Bertz CT molecular complexity index is 195. The number of hydrogen-bond acceptors (Lipinski definition) is 5. The molecule has 0 aromatic heterocycles. The molecule has 0 bridgehead atoms. The van der Waals surface area contributed by atoms with Crippen molar-refractivity contribution in [3.05, 3.63) is 0 Å². The molecule has 4 nitrogen and oxygen atoms in total. The summed E-state index contributed by atoms with van der Waals surface area (Å²) < 4.78 is 16.0. The highest BCUT2D eigenvalue weighted by Gasteiger charge is 2.49. The standard InChI is InChI=1S/C9H18O4S/c1-5-6(11-3)7(12-4)8(10)9(2,14)13-5/h5-8,10,14H,1-4H3/t5-,6-,7-,8+,9-/m0/s1. The largest absolute Gasteiger partial charge is 0.386 e. The van der Waals surface area contributed by atoms with E-state index in [1.807, 2.05) is 6.92 Å². The molecule has 1 saturated heterocycles. The molecule has 1 rings (SSSR count). The SMILES string of the molecule is CO[C@@H]1[C@H](OC)[C@@H](O)[C@](C)(S)O[C@H]1C. The minimum absolute atomic E-state index is 0.157. The molecule has 1 aliphatic rings. The molecule has 1 aliphatic heterocycles. The van der Waals surface area contributed by atoms with Gasteiger partial charge in [-0.25, -0.2) is 0 Å². The van der Waals surface area contributed by atoms with Gasteiger partial charge in [0.25, 0.3) is 0 Å². The van der Waals surface area contributed by atoms with Crippen molar-refractivity contribution in [2.24, 2.45) is 0 Å². The van der Waals surface area contributed by atoms with Crippen molar-refractivity contribution < 1.29 is 19.3 Å². The molecule has 14 heavy (non-hydrogen) atoms. The lowest BCUT2D eigenvalue weighted by Crippen LogP contribution is -2.61. The quantitative estimate of drug-likeness (QED) is 0.666. The Kier molecular flexibility index (Phi) is 3.82. The zero-order valence-corrected chi connectivity index (χ0v) is 9.82. The second-order valence-corrected chi connectivity index (χ2v) is 4.61. The van der Waals surface area contributed by atoms with Crippen LogP contribution in [0.3, 0.4) is 0 Å². The average Bonchev–Trinajstić information content (AvgIpc) is 2.10. The normalized spacial score (nSPS) is 49.3. The highest BCUT2D eigenvalue weighted by Crippen LogP contribution is 2.34. The third-order valence-corrected chi connectivity index (χ3v) is 2.99. The number of hydrogen-bond donors (Lipinski definition) is 2. The van der Waals surface area contributed by atoms with E-state index in [0.717, 1.165) is 0 Å². The molecule has 84 valence electrons. The molecular formula is C9H18O4S. The monoisotopic (exact) mass is 222 g/mol. The predicted octanol–water partition coefficient (Wildman–Crippen LogP) is 0.442. The maximum Gasteiger partial charge on any atom is 0.137 e. The minimum Gasteiger partial charge on any atom is -0.386 e. The molecular weight excluding hydrogens is 204 g/mol. The van der Waals surface area contributed by atoms with Gasteiger partial charge in [-0.15, -0.1) is 12.6 Å². The van der Waals surface area contributed by atoms with Gasteiger partial charge in [0.2, 0.25) is 0 Å². The summed E-state index contributed by atoms with van der Waals surface area (Å²) >= 11 is 4.26. The fourth-order valence-corrected chi connectivity index (χ4v) is 2.17. The third kappa shape index (κ3) is 2.06. The van der Waals surface area contributed by atoms with Crippen LogP contribution >= 0.6 is 12.6 Å². The Labute approximate surface area is 89.9 Å². The molecule has 1 fully saturated rings. The zero-order valence-electron chi connectivity index (χ0n) is 8.93. The van der Waals surface area contributed by atoms with Gasteiger partial charge < -0.3 is 19.3 Å². The first kappa shape index (κ1) is 12.3. The minimum atomic E-state index is -0.894. The highest BCUT2D eigenvalue weighted by molar-refractivity contribution is 7.81. The molecule has 0 spiro atoms. The van der Waals surface area contributed by atoms with Gasteiger partial charge in [-0.05, 0) is 13.8 Å². The summed E-state index contributed by atoms with van der Waals surface area (Å²) in [5.41, 5.74) is 0. The van der Waals surface area contributed by atoms with E-state index in [0.29, 0.717) is 0 Å². The van der Waals surface area contributed by atoms with E-state index in [1.54, 1.807) is 21.1 Å². The lowest BCUT2D eigenvalue weighted by atomic mass is 9.95. The number of ether oxygens (including phenoxy) is 3. The van der Waals surface area contributed by atoms with Crippen molar-refractivity contribution in [2.45, 2.75) is 43.2 Å². The average molecular weight is 222 g/mol. The fourth-order valence-electron chi connectivity index (χ4n) is 1.85. The Morgan fingerprint density at radius 3 is 2.21 bits per heavy atom. The Morgan fingerprint density at radius 2 is 1.79 bits per heavy atom. The molecule has 5 heteroatoms. The highest BCUT2D eigenvalue weighted by atomic mass is 32.1. The van der Waals surface area contributed by atoms with Gasteiger partial charge in [0.1, 0.15) is 23.2 Å².